The van der Waals surface area contributed by atoms with E-state index in [4.69, 9.17) is 10.5 Å². The van der Waals surface area contributed by atoms with Gasteiger partial charge in [-0.3, -0.25) is 9.48 Å². The van der Waals surface area contributed by atoms with Crippen LogP contribution in [0.4, 0.5) is 5.69 Å². The first-order valence-electron chi connectivity index (χ1n) is 5.57. The van der Waals surface area contributed by atoms with Crippen molar-refractivity contribution in [2.75, 3.05) is 18.9 Å². The lowest BCUT2D eigenvalue weighted by Gasteiger charge is -2.24. The molecule has 96 valence electrons. The normalized spacial score (nSPS) is 11.5. The molecule has 1 aromatic heterocycles. The molecular formula is C11H20N4O2. The zero-order valence-corrected chi connectivity index (χ0v) is 10.8. The van der Waals surface area contributed by atoms with Crippen LogP contribution in [0.5, 0.6) is 0 Å². The predicted octanol–water partition coefficient (Wildman–Crippen LogP) is 0.547. The number of carbonyl (C=O) groups excluding carboxylic acids is 1. The number of hydrogen-bond acceptors (Lipinski definition) is 4. The average molecular weight is 240 g/mol. The smallest absolute Gasteiger partial charge is 0.271 e. The molecule has 0 bridgehead atoms. The molecule has 0 aliphatic carbocycles. The van der Waals surface area contributed by atoms with Crippen LogP contribution in [0.25, 0.3) is 0 Å². The molecule has 0 saturated carbocycles. The first-order chi connectivity index (χ1) is 7.87. The number of carbonyl (C=O) groups is 1. The lowest BCUT2D eigenvalue weighted by atomic mass is 10.1. The van der Waals surface area contributed by atoms with Crippen LogP contribution in [0.3, 0.4) is 0 Å². The Kier molecular flexibility index (Phi) is 4.11. The van der Waals surface area contributed by atoms with Crippen LogP contribution in [0.1, 0.15) is 31.3 Å². The number of nitrogens with zero attached hydrogens (tertiary/aromatic N) is 2. The highest BCUT2D eigenvalue weighted by molar-refractivity contribution is 5.97. The maximum atomic E-state index is 11.9. The molecule has 6 heteroatoms. The summed E-state index contributed by atoms with van der Waals surface area (Å²) in [4.78, 5) is 11.9. The molecule has 0 radical (unpaired) electrons. The number of nitrogens with one attached hydrogen (secondary N) is 1. The third-order valence-electron chi connectivity index (χ3n) is 2.39. The van der Waals surface area contributed by atoms with Crippen molar-refractivity contribution in [1.82, 2.24) is 15.1 Å². The fourth-order valence-corrected chi connectivity index (χ4v) is 1.55. The van der Waals surface area contributed by atoms with Crippen molar-refractivity contribution in [2.24, 2.45) is 7.05 Å². The highest BCUT2D eigenvalue weighted by Crippen LogP contribution is 2.11. The number of nitrogens with two attached hydrogens (primary N) is 1. The van der Waals surface area contributed by atoms with Gasteiger partial charge in [-0.2, -0.15) is 5.10 Å². The molecule has 17 heavy (non-hydrogen) atoms. The number of rotatable bonds is 5. The molecule has 3 N–H and O–H groups in total. The van der Waals surface area contributed by atoms with Gasteiger partial charge in [-0.25, -0.2) is 0 Å². The van der Waals surface area contributed by atoms with E-state index in [1.54, 1.807) is 7.05 Å². The topological polar surface area (TPSA) is 82.2 Å². The molecule has 0 spiro atoms. The summed E-state index contributed by atoms with van der Waals surface area (Å²) >= 11 is 0. The van der Waals surface area contributed by atoms with Gasteiger partial charge in [0.25, 0.3) is 5.91 Å². The van der Waals surface area contributed by atoms with Crippen molar-refractivity contribution in [3.05, 3.63) is 11.9 Å². The van der Waals surface area contributed by atoms with Gasteiger partial charge in [0.1, 0.15) is 5.69 Å². The van der Waals surface area contributed by atoms with E-state index in [-0.39, 0.29) is 5.91 Å². The number of aryl methyl sites for hydroxylation is 1. The summed E-state index contributed by atoms with van der Waals surface area (Å²) in [5.41, 5.74) is 6.02. The minimum Gasteiger partial charge on any atom is -0.396 e. The highest BCUT2D eigenvalue weighted by atomic mass is 16.5. The van der Waals surface area contributed by atoms with Crippen molar-refractivity contribution < 1.29 is 9.53 Å². The lowest BCUT2D eigenvalue weighted by molar-refractivity contribution is -0.00821. The number of hydrogen-bond donors (Lipinski definition) is 2. The molecule has 1 heterocycles. The Morgan fingerprint density at radius 2 is 2.29 bits per heavy atom. The Morgan fingerprint density at radius 3 is 2.76 bits per heavy atom. The van der Waals surface area contributed by atoms with Crippen molar-refractivity contribution in [1.29, 1.82) is 0 Å². The molecule has 1 aromatic rings. The molecular weight excluding hydrogens is 220 g/mol. The molecule has 1 amide bonds. The van der Waals surface area contributed by atoms with Crippen LogP contribution >= 0.6 is 0 Å². The summed E-state index contributed by atoms with van der Waals surface area (Å²) in [5, 5.41) is 6.70. The second-order valence-electron chi connectivity index (χ2n) is 4.45. The van der Waals surface area contributed by atoms with E-state index in [0.29, 0.717) is 24.5 Å². The number of amides is 1. The fourth-order valence-electron chi connectivity index (χ4n) is 1.55. The van der Waals surface area contributed by atoms with E-state index >= 15 is 0 Å². The van der Waals surface area contributed by atoms with Gasteiger partial charge in [0.15, 0.2) is 0 Å². The third kappa shape index (κ3) is 3.45. The van der Waals surface area contributed by atoms with Crippen LogP contribution < -0.4 is 11.1 Å². The van der Waals surface area contributed by atoms with Gasteiger partial charge >= 0.3 is 0 Å². The van der Waals surface area contributed by atoms with E-state index in [0.717, 1.165) is 0 Å². The standard InChI is InChI=1S/C11H20N4O2/c1-5-17-11(2,3)7-13-10(16)9-8(12)6-14-15(9)4/h6H,5,7,12H2,1-4H3,(H,13,16). The van der Waals surface area contributed by atoms with Crippen molar-refractivity contribution in [3.63, 3.8) is 0 Å². The Bertz CT molecular complexity index is 379. The molecule has 0 atom stereocenters. The van der Waals surface area contributed by atoms with Gasteiger partial charge in [0.2, 0.25) is 0 Å². The summed E-state index contributed by atoms with van der Waals surface area (Å²) in [7, 11) is 1.68. The quantitative estimate of drug-likeness (QED) is 0.787. The van der Waals surface area contributed by atoms with Gasteiger partial charge in [0, 0.05) is 20.2 Å². The van der Waals surface area contributed by atoms with Crippen molar-refractivity contribution >= 4 is 11.6 Å². The monoisotopic (exact) mass is 240 g/mol. The number of ether oxygens (including phenoxy) is 1. The molecule has 0 aliphatic rings. The molecule has 0 aliphatic heterocycles. The Morgan fingerprint density at radius 1 is 1.65 bits per heavy atom. The Balaban J connectivity index is 2.62. The molecule has 0 aromatic carbocycles. The van der Waals surface area contributed by atoms with Crippen LogP contribution in [-0.4, -0.2) is 34.4 Å². The molecule has 0 saturated heterocycles. The number of aromatic nitrogens is 2. The van der Waals surface area contributed by atoms with Crippen molar-refractivity contribution in [2.45, 2.75) is 26.4 Å². The first-order valence-corrected chi connectivity index (χ1v) is 5.57. The van der Waals surface area contributed by atoms with E-state index in [1.165, 1.54) is 10.9 Å². The molecule has 1 rings (SSSR count). The summed E-state index contributed by atoms with van der Waals surface area (Å²) < 4.78 is 6.95. The second-order valence-corrected chi connectivity index (χ2v) is 4.45. The average Bonchev–Trinajstić information content (AvgIpc) is 2.55. The molecule has 0 fully saturated rings. The van der Waals surface area contributed by atoms with E-state index < -0.39 is 5.60 Å². The number of nitrogen functional groups attached to an aromatic ring is 1. The second kappa shape index (κ2) is 5.18. The Labute approximate surface area is 101 Å². The largest absolute Gasteiger partial charge is 0.396 e. The van der Waals surface area contributed by atoms with Crippen LogP contribution in [0.2, 0.25) is 0 Å². The minimum absolute atomic E-state index is 0.240. The Hall–Kier alpha value is -1.56. The van der Waals surface area contributed by atoms with Gasteiger partial charge in [0.05, 0.1) is 17.5 Å². The third-order valence-corrected chi connectivity index (χ3v) is 2.39. The minimum atomic E-state index is -0.391. The lowest BCUT2D eigenvalue weighted by Crippen LogP contribution is -2.41. The van der Waals surface area contributed by atoms with Crippen molar-refractivity contribution in [3.8, 4) is 0 Å². The predicted molar refractivity (Wildman–Crippen MR) is 65.7 cm³/mol. The summed E-state index contributed by atoms with van der Waals surface area (Å²) in [5.74, 6) is -0.240. The van der Waals surface area contributed by atoms with Gasteiger partial charge < -0.3 is 15.8 Å². The highest BCUT2D eigenvalue weighted by Gasteiger charge is 2.21. The molecule has 0 unspecified atom stereocenters. The SMILES string of the molecule is CCOC(C)(C)CNC(=O)c1c(N)cnn1C. The fraction of sp³-hybridized carbons (Fsp3) is 0.636. The van der Waals surface area contributed by atoms with E-state index in [2.05, 4.69) is 10.4 Å². The first kappa shape index (κ1) is 13.5. The maximum Gasteiger partial charge on any atom is 0.271 e. The summed E-state index contributed by atoms with van der Waals surface area (Å²) in [6, 6.07) is 0. The summed E-state index contributed by atoms with van der Waals surface area (Å²) in [6.45, 7) is 6.79. The van der Waals surface area contributed by atoms with Crippen LogP contribution in [0.15, 0.2) is 6.20 Å². The molecule has 6 nitrogen and oxygen atoms in total. The van der Waals surface area contributed by atoms with Crippen LogP contribution in [-0.2, 0) is 11.8 Å². The van der Waals surface area contributed by atoms with Gasteiger partial charge in [-0.05, 0) is 20.8 Å². The maximum absolute atomic E-state index is 11.9. The number of anilines is 1. The van der Waals surface area contributed by atoms with E-state index in [1.807, 2.05) is 20.8 Å². The zero-order chi connectivity index (χ0) is 13.1. The van der Waals surface area contributed by atoms with Gasteiger partial charge in [-0.15, -0.1) is 0 Å². The zero-order valence-electron chi connectivity index (χ0n) is 10.8. The van der Waals surface area contributed by atoms with Crippen LogP contribution in [0, 0.1) is 0 Å². The summed E-state index contributed by atoms with van der Waals surface area (Å²) in [6.07, 6.45) is 1.46. The van der Waals surface area contributed by atoms with E-state index in [9.17, 15) is 4.79 Å². The van der Waals surface area contributed by atoms with Gasteiger partial charge in [-0.1, -0.05) is 0 Å².